The van der Waals surface area contributed by atoms with E-state index in [9.17, 15) is 0 Å². The zero-order chi connectivity index (χ0) is 30.7. The lowest BCUT2D eigenvalue weighted by atomic mass is 9.80. The van der Waals surface area contributed by atoms with Crippen LogP contribution in [0.3, 0.4) is 0 Å². The maximum Gasteiger partial charge on any atom is 0.0665 e. The Hall–Kier alpha value is -3.21. The average molecular weight is 577 g/mol. The molecule has 3 heterocycles. The molecular formula is C39H52N4. The minimum Gasteiger partial charge on any atom is -0.354 e. The van der Waals surface area contributed by atoms with E-state index in [-0.39, 0.29) is 11.5 Å². The van der Waals surface area contributed by atoms with Gasteiger partial charge in [0.25, 0.3) is 0 Å². The van der Waals surface area contributed by atoms with E-state index in [0.29, 0.717) is 12.0 Å². The standard InChI is InChI=1S/C39H52N4/c1-9-19-39(5,6)25-34-33-24-31(30-14-10-13-29(23-30)22-26(2)27(3)35-16-12-20-40-35)17-18-36(33)42-38(34)32-15-11-21-41-37(32)28(4)43(7)8/h10-11,13-15,17-18,21,23-24,26,28,35,40,42H,3,9,12,16,19-20,22,25H2,1-2,4-8H3. The molecule has 1 fully saturated rings. The Kier molecular flexibility index (Phi) is 9.58. The fourth-order valence-electron chi connectivity index (χ4n) is 7.00. The van der Waals surface area contributed by atoms with E-state index in [4.69, 9.17) is 4.98 Å². The van der Waals surface area contributed by atoms with Crippen LogP contribution in [-0.2, 0) is 12.8 Å². The summed E-state index contributed by atoms with van der Waals surface area (Å²) < 4.78 is 0. The number of aromatic amines is 1. The number of aromatic nitrogens is 2. The highest BCUT2D eigenvalue weighted by Crippen LogP contribution is 2.40. The number of rotatable bonds is 12. The van der Waals surface area contributed by atoms with Gasteiger partial charge in [-0.25, -0.2) is 0 Å². The van der Waals surface area contributed by atoms with Gasteiger partial charge in [-0.05, 0) is 118 Å². The van der Waals surface area contributed by atoms with Gasteiger partial charge in [0.2, 0.25) is 0 Å². The zero-order valence-electron chi connectivity index (χ0n) is 27.6. The van der Waals surface area contributed by atoms with E-state index in [1.54, 1.807) is 0 Å². The number of nitrogens with zero attached hydrogens (tertiary/aromatic N) is 2. The van der Waals surface area contributed by atoms with Crippen molar-refractivity contribution >= 4 is 10.9 Å². The Bertz CT molecular complexity index is 1550. The van der Waals surface area contributed by atoms with Crippen LogP contribution >= 0.6 is 0 Å². The lowest BCUT2D eigenvalue weighted by molar-refractivity contribution is 0.315. The van der Waals surface area contributed by atoms with E-state index in [2.05, 4.69) is 125 Å². The molecule has 2 aromatic carbocycles. The van der Waals surface area contributed by atoms with Crippen molar-refractivity contribution < 1.29 is 0 Å². The average Bonchev–Trinajstić information content (AvgIpc) is 3.65. The molecule has 0 aliphatic carbocycles. The second-order valence-corrected chi connectivity index (χ2v) is 13.9. The van der Waals surface area contributed by atoms with Gasteiger partial charge in [-0.15, -0.1) is 0 Å². The Morgan fingerprint density at radius 1 is 1.07 bits per heavy atom. The summed E-state index contributed by atoms with van der Waals surface area (Å²) in [6.45, 7) is 17.3. The largest absolute Gasteiger partial charge is 0.354 e. The number of hydrogen-bond donors (Lipinski definition) is 2. The van der Waals surface area contributed by atoms with Gasteiger partial charge in [0.05, 0.1) is 11.4 Å². The fraction of sp³-hybridized carbons (Fsp3) is 0.462. The van der Waals surface area contributed by atoms with Crippen molar-refractivity contribution in [2.45, 2.75) is 85.2 Å². The lowest BCUT2D eigenvalue weighted by Crippen LogP contribution is -2.26. The molecule has 2 N–H and O–H groups in total. The van der Waals surface area contributed by atoms with Gasteiger partial charge >= 0.3 is 0 Å². The third kappa shape index (κ3) is 6.97. The summed E-state index contributed by atoms with van der Waals surface area (Å²) in [4.78, 5) is 11.0. The van der Waals surface area contributed by atoms with Crippen molar-refractivity contribution in [1.29, 1.82) is 0 Å². The van der Waals surface area contributed by atoms with Crippen molar-refractivity contribution in [2.75, 3.05) is 20.6 Å². The normalized spacial score (nSPS) is 17.1. The van der Waals surface area contributed by atoms with Crippen LogP contribution in [0.1, 0.15) is 83.2 Å². The minimum absolute atomic E-state index is 0.191. The van der Waals surface area contributed by atoms with E-state index in [0.717, 1.165) is 25.1 Å². The molecule has 3 atom stereocenters. The third-order valence-corrected chi connectivity index (χ3v) is 9.71. The Labute approximate surface area is 260 Å². The highest BCUT2D eigenvalue weighted by molar-refractivity contribution is 5.94. The molecule has 1 aliphatic heterocycles. The summed E-state index contributed by atoms with van der Waals surface area (Å²) in [6.07, 6.45) is 8.80. The SMILES string of the molecule is C=C(C(C)Cc1cccc(-c2ccc3[nH]c(-c4cccnc4C(C)N(C)C)c(CC(C)(C)CCC)c3c2)c1)C1CCCN1. The van der Waals surface area contributed by atoms with Crippen LogP contribution in [0, 0.1) is 11.3 Å². The molecule has 0 amide bonds. The van der Waals surface area contributed by atoms with Crippen molar-refractivity contribution in [3.63, 3.8) is 0 Å². The minimum atomic E-state index is 0.191. The maximum absolute atomic E-state index is 4.88. The smallest absolute Gasteiger partial charge is 0.0665 e. The van der Waals surface area contributed by atoms with Gasteiger partial charge in [-0.3, -0.25) is 4.98 Å². The molecule has 0 bridgehead atoms. The van der Waals surface area contributed by atoms with Crippen molar-refractivity contribution in [2.24, 2.45) is 11.3 Å². The summed E-state index contributed by atoms with van der Waals surface area (Å²) in [7, 11) is 4.25. The van der Waals surface area contributed by atoms with Gasteiger partial charge in [0.1, 0.15) is 0 Å². The molecular weight excluding hydrogens is 524 g/mol. The summed E-state index contributed by atoms with van der Waals surface area (Å²) in [5.74, 6) is 0.450. The second-order valence-electron chi connectivity index (χ2n) is 13.9. The van der Waals surface area contributed by atoms with E-state index in [1.165, 1.54) is 75.7 Å². The van der Waals surface area contributed by atoms with E-state index in [1.807, 2.05) is 6.20 Å². The highest BCUT2D eigenvalue weighted by Gasteiger charge is 2.26. The second kappa shape index (κ2) is 13.2. The lowest BCUT2D eigenvalue weighted by Gasteiger charge is -2.26. The van der Waals surface area contributed by atoms with Gasteiger partial charge in [-0.2, -0.15) is 0 Å². The van der Waals surface area contributed by atoms with Crippen molar-refractivity contribution in [1.82, 2.24) is 20.2 Å². The van der Waals surface area contributed by atoms with Crippen LogP contribution in [0.25, 0.3) is 33.3 Å². The first-order valence-corrected chi connectivity index (χ1v) is 16.4. The quantitative estimate of drug-likeness (QED) is 0.165. The number of fused-ring (bicyclic) bond motifs is 1. The molecule has 4 nitrogen and oxygen atoms in total. The molecule has 4 aromatic rings. The van der Waals surface area contributed by atoms with Crippen LogP contribution in [0.15, 0.2) is 72.9 Å². The monoisotopic (exact) mass is 576 g/mol. The molecule has 1 aliphatic rings. The molecule has 4 heteroatoms. The summed E-state index contributed by atoms with van der Waals surface area (Å²) in [5.41, 5.74) is 11.6. The Morgan fingerprint density at radius 3 is 2.58 bits per heavy atom. The van der Waals surface area contributed by atoms with Crippen LogP contribution in [0.2, 0.25) is 0 Å². The van der Waals surface area contributed by atoms with Gasteiger partial charge < -0.3 is 15.2 Å². The summed E-state index contributed by atoms with van der Waals surface area (Å²) in [5, 5.41) is 4.95. The third-order valence-electron chi connectivity index (χ3n) is 9.71. The number of nitrogens with one attached hydrogen (secondary N) is 2. The molecule has 5 rings (SSSR count). The topological polar surface area (TPSA) is 44.0 Å². The molecule has 0 spiro atoms. The molecule has 3 unspecified atom stereocenters. The molecule has 1 saturated heterocycles. The van der Waals surface area contributed by atoms with Crippen LogP contribution < -0.4 is 5.32 Å². The summed E-state index contributed by atoms with van der Waals surface area (Å²) >= 11 is 0. The highest BCUT2D eigenvalue weighted by atomic mass is 15.1. The van der Waals surface area contributed by atoms with Crippen LogP contribution in [-0.4, -0.2) is 41.5 Å². The van der Waals surface area contributed by atoms with Gasteiger partial charge in [0.15, 0.2) is 0 Å². The van der Waals surface area contributed by atoms with Gasteiger partial charge in [-0.1, -0.05) is 76.6 Å². The molecule has 0 saturated carbocycles. The zero-order valence-corrected chi connectivity index (χ0v) is 27.6. The van der Waals surface area contributed by atoms with E-state index >= 15 is 0 Å². The maximum atomic E-state index is 4.88. The van der Waals surface area contributed by atoms with Crippen LogP contribution in [0.4, 0.5) is 0 Å². The number of benzene rings is 2. The van der Waals surface area contributed by atoms with Crippen molar-refractivity contribution in [3.05, 3.63) is 89.8 Å². The van der Waals surface area contributed by atoms with Crippen molar-refractivity contribution in [3.8, 4) is 22.4 Å². The number of H-pyrrole nitrogens is 1. The first kappa shape index (κ1) is 31.2. The number of pyridine rings is 1. The first-order chi connectivity index (χ1) is 20.6. The van der Waals surface area contributed by atoms with E-state index < -0.39 is 0 Å². The Balaban J connectivity index is 1.55. The Morgan fingerprint density at radius 2 is 1.86 bits per heavy atom. The molecule has 43 heavy (non-hydrogen) atoms. The predicted octanol–water partition coefficient (Wildman–Crippen LogP) is 9.38. The summed E-state index contributed by atoms with van der Waals surface area (Å²) in [6, 6.07) is 21.1. The molecule has 0 radical (unpaired) electrons. The number of hydrogen-bond acceptors (Lipinski definition) is 3. The predicted molar refractivity (Wildman–Crippen MR) is 184 cm³/mol. The molecule has 2 aromatic heterocycles. The first-order valence-electron chi connectivity index (χ1n) is 16.4. The fourth-order valence-corrected chi connectivity index (χ4v) is 7.00. The van der Waals surface area contributed by atoms with Gasteiger partial charge in [0, 0.05) is 34.7 Å². The molecule has 228 valence electrons. The van der Waals surface area contributed by atoms with Crippen LogP contribution in [0.5, 0.6) is 0 Å².